The van der Waals surface area contributed by atoms with Gasteiger partial charge >= 0.3 is 0 Å². The molecule has 0 aliphatic heterocycles. The van der Waals surface area contributed by atoms with Crippen molar-refractivity contribution in [1.82, 2.24) is 9.97 Å². The molecular weight excluding hydrogens is 184 g/mol. The molecule has 0 saturated carbocycles. The highest BCUT2D eigenvalue weighted by Crippen LogP contribution is 2.16. The highest BCUT2D eigenvalue weighted by molar-refractivity contribution is 7.99. The van der Waals surface area contributed by atoms with Gasteiger partial charge < -0.3 is 5.11 Å². The van der Waals surface area contributed by atoms with Crippen LogP contribution in [-0.4, -0.2) is 27.4 Å². The van der Waals surface area contributed by atoms with Crippen molar-refractivity contribution >= 4 is 11.8 Å². The van der Waals surface area contributed by atoms with E-state index in [0.717, 1.165) is 28.7 Å². The van der Waals surface area contributed by atoms with E-state index < -0.39 is 0 Å². The van der Waals surface area contributed by atoms with Gasteiger partial charge in [-0.1, -0.05) is 0 Å². The molecule has 1 aromatic heterocycles. The van der Waals surface area contributed by atoms with Crippen LogP contribution in [0.1, 0.15) is 17.9 Å². The van der Waals surface area contributed by atoms with E-state index in [-0.39, 0.29) is 6.61 Å². The minimum atomic E-state index is 0.246. The van der Waals surface area contributed by atoms with Crippen molar-refractivity contribution in [1.29, 1.82) is 0 Å². The first-order valence-electron chi connectivity index (χ1n) is 4.28. The maximum atomic E-state index is 8.61. The number of hydrogen-bond donors (Lipinski definition) is 1. The predicted octanol–water partition coefficient (Wildman–Crippen LogP) is 1.57. The fourth-order valence-corrected chi connectivity index (χ4v) is 1.93. The second-order valence-corrected chi connectivity index (χ2v) is 3.94. The number of aromatic nitrogens is 2. The van der Waals surface area contributed by atoms with Crippen molar-refractivity contribution in [3.8, 4) is 0 Å². The summed E-state index contributed by atoms with van der Waals surface area (Å²) >= 11 is 1.66. The first kappa shape index (κ1) is 10.5. The average Bonchev–Trinajstić information content (AvgIpc) is 2.03. The summed E-state index contributed by atoms with van der Waals surface area (Å²) in [6, 6.07) is 1.97. The molecule has 0 aromatic carbocycles. The van der Waals surface area contributed by atoms with Crippen LogP contribution in [0, 0.1) is 13.8 Å². The van der Waals surface area contributed by atoms with Crippen molar-refractivity contribution in [2.45, 2.75) is 25.3 Å². The maximum Gasteiger partial charge on any atom is 0.126 e. The molecule has 0 bridgehead atoms. The second kappa shape index (κ2) is 5.19. The monoisotopic (exact) mass is 198 g/mol. The Labute approximate surface area is 82.6 Å². The van der Waals surface area contributed by atoms with Gasteiger partial charge in [-0.2, -0.15) is 0 Å². The number of rotatable bonds is 4. The third-order valence-corrected chi connectivity index (χ3v) is 2.49. The van der Waals surface area contributed by atoms with E-state index in [1.165, 1.54) is 0 Å². The van der Waals surface area contributed by atoms with Crippen LogP contribution in [0.3, 0.4) is 0 Å². The van der Waals surface area contributed by atoms with Gasteiger partial charge in [0.15, 0.2) is 0 Å². The molecule has 1 aromatic rings. The summed E-state index contributed by atoms with van der Waals surface area (Å²) in [4.78, 5) is 8.46. The molecule has 4 heteroatoms. The van der Waals surface area contributed by atoms with Gasteiger partial charge in [0.1, 0.15) is 5.82 Å². The van der Waals surface area contributed by atoms with Gasteiger partial charge in [-0.3, -0.25) is 0 Å². The molecule has 1 N–H and O–H groups in total. The van der Waals surface area contributed by atoms with Crippen LogP contribution in [-0.2, 0) is 0 Å². The Morgan fingerprint density at radius 3 is 2.77 bits per heavy atom. The minimum Gasteiger partial charge on any atom is -0.396 e. The Bertz CT molecular complexity index is 258. The molecule has 1 heterocycles. The van der Waals surface area contributed by atoms with E-state index in [1.807, 2.05) is 19.9 Å². The topological polar surface area (TPSA) is 46.0 Å². The molecular formula is C9H14N2OS. The van der Waals surface area contributed by atoms with Crippen LogP contribution >= 0.6 is 11.8 Å². The molecule has 13 heavy (non-hydrogen) atoms. The molecule has 0 fully saturated rings. The molecule has 0 aliphatic carbocycles. The number of aliphatic hydroxyl groups is 1. The third kappa shape index (κ3) is 3.74. The molecule has 0 radical (unpaired) electrons. The summed E-state index contributed by atoms with van der Waals surface area (Å²) in [5, 5.41) is 9.61. The zero-order chi connectivity index (χ0) is 9.68. The molecule has 72 valence electrons. The summed E-state index contributed by atoms with van der Waals surface area (Å²) in [6.07, 6.45) is 0.812. The van der Waals surface area contributed by atoms with Crippen LogP contribution in [0.15, 0.2) is 11.1 Å². The largest absolute Gasteiger partial charge is 0.396 e. The maximum absolute atomic E-state index is 8.61. The number of nitrogens with zero attached hydrogens (tertiary/aromatic N) is 2. The van der Waals surface area contributed by atoms with Crippen LogP contribution < -0.4 is 0 Å². The SMILES string of the molecule is Cc1cc(SCCCO)nc(C)n1. The first-order valence-corrected chi connectivity index (χ1v) is 5.27. The highest BCUT2D eigenvalue weighted by Gasteiger charge is 1.98. The number of aliphatic hydroxyl groups excluding tert-OH is 1. The molecule has 1 rings (SSSR count). The fraction of sp³-hybridized carbons (Fsp3) is 0.556. The zero-order valence-corrected chi connectivity index (χ0v) is 8.77. The third-order valence-electron chi connectivity index (χ3n) is 1.49. The van der Waals surface area contributed by atoms with Gasteiger partial charge in [0, 0.05) is 18.1 Å². The lowest BCUT2D eigenvalue weighted by molar-refractivity contribution is 0.296. The molecule has 0 amide bonds. The van der Waals surface area contributed by atoms with Crippen molar-refractivity contribution in [3.05, 3.63) is 17.6 Å². The quantitative estimate of drug-likeness (QED) is 0.453. The van der Waals surface area contributed by atoms with Gasteiger partial charge in [-0.15, -0.1) is 11.8 Å². The molecule has 0 saturated heterocycles. The summed E-state index contributed by atoms with van der Waals surface area (Å²) < 4.78 is 0. The molecule has 0 aliphatic rings. The van der Waals surface area contributed by atoms with Crippen LogP contribution in [0.4, 0.5) is 0 Å². The second-order valence-electron chi connectivity index (χ2n) is 2.82. The van der Waals surface area contributed by atoms with E-state index in [2.05, 4.69) is 9.97 Å². The van der Waals surface area contributed by atoms with E-state index in [9.17, 15) is 0 Å². The first-order chi connectivity index (χ1) is 6.22. The molecule has 0 spiro atoms. The van der Waals surface area contributed by atoms with Crippen LogP contribution in [0.25, 0.3) is 0 Å². The van der Waals surface area contributed by atoms with E-state index in [0.29, 0.717) is 0 Å². The lowest BCUT2D eigenvalue weighted by Gasteiger charge is -2.01. The molecule has 3 nitrogen and oxygen atoms in total. The van der Waals surface area contributed by atoms with E-state index in [4.69, 9.17) is 5.11 Å². The van der Waals surface area contributed by atoms with Crippen molar-refractivity contribution in [2.75, 3.05) is 12.4 Å². The van der Waals surface area contributed by atoms with Crippen LogP contribution in [0.2, 0.25) is 0 Å². The van der Waals surface area contributed by atoms with Gasteiger partial charge in [-0.25, -0.2) is 9.97 Å². The normalized spacial score (nSPS) is 10.4. The Morgan fingerprint density at radius 2 is 2.15 bits per heavy atom. The standard InChI is InChI=1S/C9H14N2OS/c1-7-6-9(11-8(2)10-7)13-5-3-4-12/h6,12H,3-5H2,1-2H3. The van der Waals surface area contributed by atoms with Crippen molar-refractivity contribution in [3.63, 3.8) is 0 Å². The number of aryl methyl sites for hydroxylation is 2. The predicted molar refractivity (Wildman–Crippen MR) is 53.9 cm³/mol. The summed E-state index contributed by atoms with van der Waals surface area (Å²) in [6.45, 7) is 4.10. The van der Waals surface area contributed by atoms with Gasteiger partial charge in [0.25, 0.3) is 0 Å². The molecule has 0 unspecified atom stereocenters. The highest BCUT2D eigenvalue weighted by atomic mass is 32.2. The fourth-order valence-electron chi connectivity index (χ4n) is 0.998. The Hall–Kier alpha value is -0.610. The number of hydrogen-bond acceptors (Lipinski definition) is 4. The lowest BCUT2D eigenvalue weighted by atomic mass is 10.4. The Morgan fingerprint density at radius 1 is 1.38 bits per heavy atom. The van der Waals surface area contributed by atoms with Gasteiger partial charge in [0.05, 0.1) is 5.03 Å². The number of thioether (sulfide) groups is 1. The van der Waals surface area contributed by atoms with Crippen LogP contribution in [0.5, 0.6) is 0 Å². The Balaban J connectivity index is 2.56. The summed E-state index contributed by atoms with van der Waals surface area (Å²) in [5.41, 5.74) is 0.999. The minimum absolute atomic E-state index is 0.246. The lowest BCUT2D eigenvalue weighted by Crippen LogP contribution is -1.93. The van der Waals surface area contributed by atoms with E-state index in [1.54, 1.807) is 11.8 Å². The van der Waals surface area contributed by atoms with Gasteiger partial charge in [0.2, 0.25) is 0 Å². The van der Waals surface area contributed by atoms with Crippen molar-refractivity contribution < 1.29 is 5.11 Å². The average molecular weight is 198 g/mol. The van der Waals surface area contributed by atoms with E-state index >= 15 is 0 Å². The van der Waals surface area contributed by atoms with Crippen molar-refractivity contribution in [2.24, 2.45) is 0 Å². The smallest absolute Gasteiger partial charge is 0.126 e. The summed E-state index contributed by atoms with van der Waals surface area (Å²) in [5.74, 6) is 1.72. The zero-order valence-electron chi connectivity index (χ0n) is 7.95. The molecule has 0 atom stereocenters. The Kier molecular flexibility index (Phi) is 4.18. The van der Waals surface area contributed by atoms with Gasteiger partial charge in [-0.05, 0) is 26.3 Å². The summed E-state index contributed by atoms with van der Waals surface area (Å²) in [7, 11) is 0.